The van der Waals surface area contributed by atoms with Gasteiger partial charge < -0.3 is 14.7 Å². The van der Waals surface area contributed by atoms with Gasteiger partial charge in [-0.2, -0.15) is 0 Å². The first-order valence-corrected chi connectivity index (χ1v) is 6.02. The molecule has 0 heterocycles. The first-order valence-electron chi connectivity index (χ1n) is 6.02. The zero-order valence-electron chi connectivity index (χ0n) is 11.3. The molecule has 96 valence electrons. The van der Waals surface area contributed by atoms with E-state index >= 15 is 0 Å². The van der Waals surface area contributed by atoms with Gasteiger partial charge in [-0.1, -0.05) is 17.7 Å². The zero-order valence-corrected chi connectivity index (χ0v) is 11.3. The van der Waals surface area contributed by atoms with Gasteiger partial charge in [0.15, 0.2) is 0 Å². The summed E-state index contributed by atoms with van der Waals surface area (Å²) < 4.78 is 5.46. The van der Waals surface area contributed by atoms with E-state index in [1.807, 2.05) is 7.05 Å². The number of ether oxygens (including phenoxy) is 1. The molecular formula is C14H23NO2. The molecule has 0 aliphatic heterocycles. The number of nitrogens with zero attached hydrogens (tertiary/aromatic N) is 1. The Bertz CT molecular complexity index is 363. The predicted octanol–water partition coefficient (Wildman–Crippen LogP) is 1.78. The fraction of sp³-hybridized carbons (Fsp3) is 0.571. The predicted molar refractivity (Wildman–Crippen MR) is 70.8 cm³/mol. The molecule has 3 nitrogen and oxygen atoms in total. The van der Waals surface area contributed by atoms with Crippen LogP contribution in [0.1, 0.15) is 16.7 Å². The molecule has 1 aromatic carbocycles. The highest BCUT2D eigenvalue weighted by Gasteiger charge is 2.08. The summed E-state index contributed by atoms with van der Waals surface area (Å²) in [5.74, 6) is 0.994. The number of aliphatic hydroxyl groups excluding tert-OH is 1. The molecule has 0 spiro atoms. The van der Waals surface area contributed by atoms with Crippen molar-refractivity contribution in [1.29, 1.82) is 0 Å². The van der Waals surface area contributed by atoms with Crippen molar-refractivity contribution in [2.45, 2.75) is 20.3 Å². The van der Waals surface area contributed by atoms with Gasteiger partial charge in [0.25, 0.3) is 0 Å². The Morgan fingerprint density at radius 2 is 1.94 bits per heavy atom. The zero-order chi connectivity index (χ0) is 12.8. The van der Waals surface area contributed by atoms with Gasteiger partial charge in [-0.05, 0) is 38.4 Å². The van der Waals surface area contributed by atoms with Crippen molar-refractivity contribution in [1.82, 2.24) is 4.90 Å². The van der Waals surface area contributed by atoms with E-state index in [-0.39, 0.29) is 6.61 Å². The van der Waals surface area contributed by atoms with E-state index in [0.717, 1.165) is 18.7 Å². The SMILES string of the molecule is COc1c(C)cc(C)cc1CCN(C)CCO. The second-order valence-corrected chi connectivity index (χ2v) is 4.55. The smallest absolute Gasteiger partial charge is 0.125 e. The number of hydrogen-bond acceptors (Lipinski definition) is 3. The molecule has 0 radical (unpaired) electrons. The van der Waals surface area contributed by atoms with Crippen LogP contribution in [0.15, 0.2) is 12.1 Å². The molecule has 0 saturated heterocycles. The number of hydrogen-bond donors (Lipinski definition) is 1. The van der Waals surface area contributed by atoms with Crippen molar-refractivity contribution in [3.8, 4) is 5.75 Å². The number of methoxy groups -OCH3 is 1. The fourth-order valence-electron chi connectivity index (χ4n) is 2.11. The van der Waals surface area contributed by atoms with Crippen molar-refractivity contribution >= 4 is 0 Å². The van der Waals surface area contributed by atoms with Gasteiger partial charge in [0.1, 0.15) is 5.75 Å². The minimum atomic E-state index is 0.209. The molecule has 0 aliphatic carbocycles. The van der Waals surface area contributed by atoms with Gasteiger partial charge in [-0.3, -0.25) is 0 Å². The van der Waals surface area contributed by atoms with Crippen molar-refractivity contribution in [3.63, 3.8) is 0 Å². The van der Waals surface area contributed by atoms with E-state index in [0.29, 0.717) is 6.54 Å². The summed E-state index contributed by atoms with van der Waals surface area (Å²) in [6.45, 7) is 6.04. The molecular weight excluding hydrogens is 214 g/mol. The molecule has 0 fully saturated rings. The van der Waals surface area contributed by atoms with E-state index in [9.17, 15) is 0 Å². The fourth-order valence-corrected chi connectivity index (χ4v) is 2.11. The van der Waals surface area contributed by atoms with Crippen molar-refractivity contribution in [2.75, 3.05) is 33.9 Å². The minimum absolute atomic E-state index is 0.209. The molecule has 17 heavy (non-hydrogen) atoms. The first kappa shape index (κ1) is 14.0. The monoisotopic (exact) mass is 237 g/mol. The Balaban J connectivity index is 2.75. The highest BCUT2D eigenvalue weighted by Crippen LogP contribution is 2.25. The van der Waals surface area contributed by atoms with Crippen LogP contribution in [0.2, 0.25) is 0 Å². The molecule has 0 aromatic heterocycles. The Hall–Kier alpha value is -1.06. The van der Waals surface area contributed by atoms with Gasteiger partial charge >= 0.3 is 0 Å². The lowest BCUT2D eigenvalue weighted by Crippen LogP contribution is -2.24. The molecule has 0 aliphatic rings. The lowest BCUT2D eigenvalue weighted by molar-refractivity contribution is 0.222. The summed E-state index contributed by atoms with van der Waals surface area (Å²) in [6.07, 6.45) is 0.947. The van der Waals surface area contributed by atoms with Crippen LogP contribution in [0.4, 0.5) is 0 Å². The van der Waals surface area contributed by atoms with Gasteiger partial charge in [0, 0.05) is 13.1 Å². The van der Waals surface area contributed by atoms with Gasteiger partial charge in [0.2, 0.25) is 0 Å². The van der Waals surface area contributed by atoms with Crippen LogP contribution in [0.3, 0.4) is 0 Å². The Labute approximate surface area is 104 Å². The Morgan fingerprint density at radius 3 is 2.53 bits per heavy atom. The van der Waals surface area contributed by atoms with Crippen LogP contribution in [-0.4, -0.2) is 43.9 Å². The molecule has 3 heteroatoms. The van der Waals surface area contributed by atoms with E-state index in [4.69, 9.17) is 9.84 Å². The number of benzene rings is 1. The number of aliphatic hydroxyl groups is 1. The summed E-state index contributed by atoms with van der Waals surface area (Å²) in [6, 6.07) is 4.32. The molecule has 1 N–H and O–H groups in total. The van der Waals surface area contributed by atoms with Gasteiger partial charge in [-0.25, -0.2) is 0 Å². The van der Waals surface area contributed by atoms with Crippen LogP contribution >= 0.6 is 0 Å². The Morgan fingerprint density at radius 1 is 1.24 bits per heavy atom. The Kier molecular flexibility index (Phi) is 5.45. The average molecular weight is 237 g/mol. The second kappa shape index (κ2) is 6.62. The lowest BCUT2D eigenvalue weighted by Gasteiger charge is -2.17. The van der Waals surface area contributed by atoms with Crippen molar-refractivity contribution < 1.29 is 9.84 Å². The maximum Gasteiger partial charge on any atom is 0.125 e. The molecule has 0 amide bonds. The number of aryl methyl sites for hydroxylation is 2. The third kappa shape index (κ3) is 4.02. The van der Waals surface area contributed by atoms with Crippen LogP contribution in [-0.2, 0) is 6.42 Å². The van der Waals surface area contributed by atoms with Crippen molar-refractivity contribution in [3.05, 3.63) is 28.8 Å². The lowest BCUT2D eigenvalue weighted by atomic mass is 10.0. The molecule has 0 saturated carbocycles. The normalized spacial score (nSPS) is 10.9. The summed E-state index contributed by atoms with van der Waals surface area (Å²) in [5, 5.41) is 8.86. The van der Waals surface area contributed by atoms with E-state index in [1.165, 1.54) is 16.7 Å². The molecule has 0 atom stereocenters. The third-order valence-electron chi connectivity index (χ3n) is 2.94. The average Bonchev–Trinajstić information content (AvgIpc) is 2.26. The third-order valence-corrected chi connectivity index (χ3v) is 2.94. The minimum Gasteiger partial charge on any atom is -0.496 e. The van der Waals surface area contributed by atoms with Crippen LogP contribution in [0.25, 0.3) is 0 Å². The molecule has 0 bridgehead atoms. The largest absolute Gasteiger partial charge is 0.496 e. The van der Waals surface area contributed by atoms with E-state index in [2.05, 4.69) is 30.9 Å². The summed E-state index contributed by atoms with van der Waals surface area (Å²) in [5.41, 5.74) is 3.70. The highest BCUT2D eigenvalue weighted by atomic mass is 16.5. The van der Waals surface area contributed by atoms with E-state index in [1.54, 1.807) is 7.11 Å². The van der Waals surface area contributed by atoms with E-state index < -0.39 is 0 Å². The summed E-state index contributed by atoms with van der Waals surface area (Å²) >= 11 is 0. The standard InChI is InChI=1S/C14H23NO2/c1-11-9-12(2)14(17-4)13(10-11)5-6-15(3)7-8-16/h9-10,16H,5-8H2,1-4H3. The van der Waals surface area contributed by atoms with Gasteiger partial charge in [0.05, 0.1) is 13.7 Å². The quantitative estimate of drug-likeness (QED) is 0.818. The highest BCUT2D eigenvalue weighted by molar-refractivity contribution is 5.43. The van der Waals surface area contributed by atoms with Crippen LogP contribution in [0.5, 0.6) is 5.75 Å². The van der Waals surface area contributed by atoms with Gasteiger partial charge in [-0.15, -0.1) is 0 Å². The molecule has 1 aromatic rings. The molecule has 1 rings (SSSR count). The maximum absolute atomic E-state index is 8.86. The number of likely N-dealkylation sites (N-methyl/N-ethyl adjacent to an activating group) is 1. The topological polar surface area (TPSA) is 32.7 Å². The summed E-state index contributed by atoms with van der Waals surface area (Å²) in [7, 11) is 3.74. The van der Waals surface area contributed by atoms with Crippen LogP contribution in [0, 0.1) is 13.8 Å². The molecule has 0 unspecified atom stereocenters. The van der Waals surface area contributed by atoms with Crippen LogP contribution < -0.4 is 4.74 Å². The number of rotatable bonds is 6. The second-order valence-electron chi connectivity index (χ2n) is 4.55. The first-order chi connectivity index (χ1) is 8.08. The van der Waals surface area contributed by atoms with Crippen molar-refractivity contribution in [2.24, 2.45) is 0 Å². The summed E-state index contributed by atoms with van der Waals surface area (Å²) in [4.78, 5) is 2.12. The maximum atomic E-state index is 8.86.